The van der Waals surface area contributed by atoms with Crippen LogP contribution in [0.2, 0.25) is 0 Å². The summed E-state index contributed by atoms with van der Waals surface area (Å²) in [5, 5.41) is 13.9. The monoisotopic (exact) mass is 300 g/mol. The van der Waals surface area contributed by atoms with Gasteiger partial charge in [0.2, 0.25) is 0 Å². The standard InChI is InChI=1S/C13H20N2O4S/c1-7(2)9-6-20-10(14-9)5-19-13(18)15-11(8(3)4)12(16)17/h6-8,11H,5H2,1-4H3,(H,15,18)(H,16,17). The Bertz CT molecular complexity index is 471. The minimum Gasteiger partial charge on any atom is -0.480 e. The third-order valence-corrected chi connectivity index (χ3v) is 3.53. The lowest BCUT2D eigenvalue weighted by Crippen LogP contribution is -2.44. The van der Waals surface area contributed by atoms with E-state index < -0.39 is 18.1 Å². The van der Waals surface area contributed by atoms with Crippen LogP contribution in [0.5, 0.6) is 0 Å². The highest BCUT2D eigenvalue weighted by molar-refractivity contribution is 7.09. The van der Waals surface area contributed by atoms with Crippen molar-refractivity contribution in [3.05, 3.63) is 16.1 Å². The number of alkyl carbamates (subject to hydrolysis) is 1. The molecule has 1 unspecified atom stereocenters. The Morgan fingerprint density at radius 2 is 2.05 bits per heavy atom. The molecule has 1 atom stereocenters. The SMILES string of the molecule is CC(C)c1csc(COC(=O)NC(C(=O)O)C(C)C)n1. The first-order valence-corrected chi connectivity index (χ1v) is 7.29. The fourth-order valence-corrected chi connectivity index (χ4v) is 2.33. The molecule has 0 bridgehead atoms. The van der Waals surface area contributed by atoms with Crippen molar-refractivity contribution in [2.75, 3.05) is 0 Å². The zero-order valence-corrected chi connectivity index (χ0v) is 12.9. The average Bonchev–Trinajstić information content (AvgIpc) is 2.81. The normalized spacial score (nSPS) is 12.5. The largest absolute Gasteiger partial charge is 0.480 e. The second-order valence-electron chi connectivity index (χ2n) is 5.10. The van der Waals surface area contributed by atoms with Crippen LogP contribution in [0.4, 0.5) is 4.79 Å². The molecule has 0 fully saturated rings. The second-order valence-corrected chi connectivity index (χ2v) is 6.04. The summed E-state index contributed by atoms with van der Waals surface area (Å²) in [4.78, 5) is 26.8. The van der Waals surface area contributed by atoms with Crippen LogP contribution in [-0.4, -0.2) is 28.2 Å². The number of nitrogens with zero attached hydrogens (tertiary/aromatic N) is 1. The van der Waals surface area contributed by atoms with E-state index in [-0.39, 0.29) is 12.5 Å². The molecule has 2 N–H and O–H groups in total. The van der Waals surface area contributed by atoms with Crippen molar-refractivity contribution in [3.8, 4) is 0 Å². The number of carbonyl (C=O) groups excluding carboxylic acids is 1. The number of carboxylic acid groups (broad SMARTS) is 1. The average molecular weight is 300 g/mol. The first kappa shape index (κ1) is 16.4. The lowest BCUT2D eigenvalue weighted by atomic mass is 10.1. The van der Waals surface area contributed by atoms with Crippen molar-refractivity contribution in [3.63, 3.8) is 0 Å². The maximum absolute atomic E-state index is 11.6. The van der Waals surface area contributed by atoms with E-state index in [0.717, 1.165) is 5.69 Å². The van der Waals surface area contributed by atoms with E-state index in [1.165, 1.54) is 11.3 Å². The number of thiazole rings is 1. The minimum absolute atomic E-state index is 0.0493. The van der Waals surface area contributed by atoms with Gasteiger partial charge in [-0.15, -0.1) is 11.3 Å². The molecule has 1 heterocycles. The number of carbonyl (C=O) groups is 2. The predicted molar refractivity (Wildman–Crippen MR) is 75.8 cm³/mol. The van der Waals surface area contributed by atoms with Gasteiger partial charge in [-0.25, -0.2) is 14.6 Å². The van der Waals surface area contributed by atoms with Crippen LogP contribution >= 0.6 is 11.3 Å². The molecule has 112 valence electrons. The molecule has 0 radical (unpaired) electrons. The van der Waals surface area contributed by atoms with Crippen LogP contribution in [0.3, 0.4) is 0 Å². The molecule has 0 spiro atoms. The summed E-state index contributed by atoms with van der Waals surface area (Å²) in [6.07, 6.45) is -0.743. The summed E-state index contributed by atoms with van der Waals surface area (Å²) >= 11 is 1.42. The van der Waals surface area contributed by atoms with E-state index >= 15 is 0 Å². The van der Waals surface area contributed by atoms with E-state index in [4.69, 9.17) is 9.84 Å². The van der Waals surface area contributed by atoms with E-state index in [0.29, 0.717) is 10.9 Å². The molecule has 1 aromatic rings. The molecule has 0 aromatic carbocycles. The number of aliphatic carboxylic acids is 1. The lowest BCUT2D eigenvalue weighted by Gasteiger charge is -2.17. The van der Waals surface area contributed by atoms with Crippen molar-refractivity contribution >= 4 is 23.4 Å². The number of rotatable bonds is 6. The van der Waals surface area contributed by atoms with Crippen molar-refractivity contribution in [2.45, 2.75) is 46.3 Å². The Morgan fingerprint density at radius 1 is 1.40 bits per heavy atom. The molecule has 0 aliphatic heterocycles. The van der Waals surface area contributed by atoms with Crippen molar-refractivity contribution < 1.29 is 19.4 Å². The Hall–Kier alpha value is -1.63. The van der Waals surface area contributed by atoms with Crippen LogP contribution in [0.15, 0.2) is 5.38 Å². The van der Waals surface area contributed by atoms with Gasteiger partial charge in [-0.1, -0.05) is 27.7 Å². The van der Waals surface area contributed by atoms with Gasteiger partial charge in [0.15, 0.2) is 0 Å². The second kappa shape index (κ2) is 7.23. The van der Waals surface area contributed by atoms with Gasteiger partial charge in [-0.2, -0.15) is 0 Å². The molecule has 20 heavy (non-hydrogen) atoms. The molecule has 0 aliphatic carbocycles. The molecular formula is C13H20N2O4S. The van der Waals surface area contributed by atoms with Gasteiger partial charge in [0.05, 0.1) is 5.69 Å². The van der Waals surface area contributed by atoms with Crippen molar-refractivity contribution in [1.29, 1.82) is 0 Å². The van der Waals surface area contributed by atoms with Crippen LogP contribution in [-0.2, 0) is 16.1 Å². The summed E-state index contributed by atoms with van der Waals surface area (Å²) in [5.74, 6) is -0.966. The summed E-state index contributed by atoms with van der Waals surface area (Å²) < 4.78 is 4.99. The number of aromatic nitrogens is 1. The van der Waals surface area contributed by atoms with Gasteiger partial charge >= 0.3 is 12.1 Å². The highest BCUT2D eigenvalue weighted by Gasteiger charge is 2.24. The Morgan fingerprint density at radius 3 is 2.50 bits per heavy atom. The summed E-state index contributed by atoms with van der Waals surface area (Å²) in [7, 11) is 0. The molecule has 1 amide bonds. The molecule has 0 aliphatic rings. The zero-order valence-electron chi connectivity index (χ0n) is 12.0. The van der Waals surface area contributed by atoms with Crippen molar-refractivity contribution in [2.24, 2.45) is 5.92 Å². The third kappa shape index (κ3) is 4.80. The summed E-state index contributed by atoms with van der Waals surface area (Å²) in [6.45, 7) is 7.55. The quantitative estimate of drug-likeness (QED) is 0.843. The van der Waals surface area contributed by atoms with Gasteiger partial charge in [0.25, 0.3) is 0 Å². The molecule has 0 saturated heterocycles. The highest BCUT2D eigenvalue weighted by atomic mass is 32.1. The van der Waals surface area contributed by atoms with Crippen LogP contribution in [0.25, 0.3) is 0 Å². The number of carboxylic acids is 1. The molecule has 1 aromatic heterocycles. The van der Waals surface area contributed by atoms with E-state index in [1.807, 2.05) is 19.2 Å². The van der Waals surface area contributed by atoms with Crippen LogP contribution in [0.1, 0.15) is 44.3 Å². The van der Waals surface area contributed by atoms with Crippen LogP contribution < -0.4 is 5.32 Å². The Kier molecular flexibility index (Phi) is 5.94. The number of hydrogen-bond donors (Lipinski definition) is 2. The van der Waals surface area contributed by atoms with Gasteiger partial charge in [0, 0.05) is 5.38 Å². The Balaban J connectivity index is 2.48. The number of hydrogen-bond acceptors (Lipinski definition) is 5. The lowest BCUT2D eigenvalue weighted by molar-refractivity contribution is -0.140. The van der Waals surface area contributed by atoms with E-state index in [9.17, 15) is 9.59 Å². The zero-order chi connectivity index (χ0) is 15.3. The van der Waals surface area contributed by atoms with Gasteiger partial charge in [-0.3, -0.25) is 0 Å². The van der Waals surface area contributed by atoms with E-state index in [2.05, 4.69) is 10.3 Å². The van der Waals surface area contributed by atoms with Crippen molar-refractivity contribution in [1.82, 2.24) is 10.3 Å². The summed E-state index contributed by atoms with van der Waals surface area (Å²) in [5.41, 5.74) is 0.958. The van der Waals surface area contributed by atoms with Gasteiger partial charge in [-0.05, 0) is 11.8 Å². The Labute approximate surface area is 122 Å². The number of ether oxygens (including phenoxy) is 1. The molecule has 1 rings (SSSR count). The third-order valence-electron chi connectivity index (χ3n) is 2.69. The van der Waals surface area contributed by atoms with Gasteiger partial charge < -0.3 is 15.2 Å². The van der Waals surface area contributed by atoms with Crippen LogP contribution in [0, 0.1) is 5.92 Å². The first-order valence-electron chi connectivity index (χ1n) is 6.41. The smallest absolute Gasteiger partial charge is 0.408 e. The fraction of sp³-hybridized carbons (Fsp3) is 0.615. The maximum Gasteiger partial charge on any atom is 0.408 e. The molecule has 0 saturated carbocycles. The predicted octanol–water partition coefficient (Wildman–Crippen LogP) is 2.60. The number of nitrogens with one attached hydrogen (secondary N) is 1. The summed E-state index contributed by atoms with van der Waals surface area (Å²) in [6, 6.07) is -0.954. The highest BCUT2D eigenvalue weighted by Crippen LogP contribution is 2.18. The van der Waals surface area contributed by atoms with E-state index in [1.54, 1.807) is 13.8 Å². The fourth-order valence-electron chi connectivity index (χ4n) is 1.47. The topological polar surface area (TPSA) is 88.5 Å². The number of amides is 1. The molecule has 7 heteroatoms. The van der Waals surface area contributed by atoms with Gasteiger partial charge in [0.1, 0.15) is 17.7 Å². The first-order chi connectivity index (χ1) is 9.31. The maximum atomic E-state index is 11.6. The molecule has 6 nitrogen and oxygen atoms in total. The molecular weight excluding hydrogens is 280 g/mol. The minimum atomic E-state index is -1.08.